The first kappa shape index (κ1) is 29.2. The second-order valence-electron chi connectivity index (χ2n) is 11.8. The largest absolute Gasteiger partial charge is 0.455 e. The standard InChI is InChI=1S/C44H33N3O/c45-44(46-29-30-13-4-1-5-14-30)34-19-10-20-35(27-34)47-41-26-25-33(28-40(41)32-17-8-3-9-18-32)37-22-12-24-39-38-23-11-21-36(42(38)48-43(37)39)31-15-6-2-7-16-31/h1-29,44,47H,45H2/b46-29+. The molecule has 0 spiro atoms. The molecule has 48 heavy (non-hydrogen) atoms. The molecular weight excluding hydrogens is 587 g/mol. The molecule has 0 aliphatic heterocycles. The average Bonchev–Trinajstić information content (AvgIpc) is 3.55. The van der Waals surface area contributed by atoms with E-state index in [9.17, 15) is 0 Å². The molecule has 0 aliphatic carbocycles. The molecule has 0 saturated heterocycles. The van der Waals surface area contributed by atoms with Crippen LogP contribution in [-0.2, 0) is 0 Å². The first-order valence-electron chi connectivity index (χ1n) is 16.1. The highest BCUT2D eigenvalue weighted by Crippen LogP contribution is 2.42. The molecule has 1 heterocycles. The average molecular weight is 620 g/mol. The lowest BCUT2D eigenvalue weighted by Gasteiger charge is -2.16. The van der Waals surface area contributed by atoms with Crippen molar-refractivity contribution in [3.63, 3.8) is 0 Å². The van der Waals surface area contributed by atoms with Gasteiger partial charge in [0.2, 0.25) is 0 Å². The molecule has 1 unspecified atom stereocenters. The van der Waals surface area contributed by atoms with Gasteiger partial charge < -0.3 is 15.5 Å². The Hall–Kier alpha value is -6.23. The van der Waals surface area contributed by atoms with Gasteiger partial charge in [0.05, 0.1) is 0 Å². The van der Waals surface area contributed by atoms with Crippen LogP contribution in [0.3, 0.4) is 0 Å². The molecule has 4 nitrogen and oxygen atoms in total. The van der Waals surface area contributed by atoms with E-state index in [2.05, 4.69) is 126 Å². The van der Waals surface area contributed by atoms with Gasteiger partial charge in [0.25, 0.3) is 0 Å². The molecular formula is C44H33N3O. The van der Waals surface area contributed by atoms with Crippen molar-refractivity contribution in [3.8, 4) is 33.4 Å². The summed E-state index contributed by atoms with van der Waals surface area (Å²) in [6, 6.07) is 58.4. The quantitative estimate of drug-likeness (QED) is 0.166. The monoisotopic (exact) mass is 619 g/mol. The lowest BCUT2D eigenvalue weighted by atomic mass is 9.96. The Morgan fingerprint density at radius 1 is 0.521 bits per heavy atom. The van der Waals surface area contributed by atoms with Crippen molar-refractivity contribution in [2.75, 3.05) is 5.32 Å². The Balaban J connectivity index is 1.18. The SMILES string of the molecule is NC(/N=C/c1ccccc1)c1cccc(Nc2ccc(-c3cccc4c3oc3c(-c5ccccc5)cccc34)cc2-c2ccccc2)c1. The predicted molar refractivity (Wildman–Crippen MR) is 201 cm³/mol. The Morgan fingerprint density at radius 2 is 1.10 bits per heavy atom. The first-order chi connectivity index (χ1) is 23.7. The van der Waals surface area contributed by atoms with Crippen molar-refractivity contribution >= 4 is 39.5 Å². The molecule has 3 N–H and O–H groups in total. The number of nitrogens with two attached hydrogens (primary N) is 1. The van der Waals surface area contributed by atoms with Gasteiger partial charge in [-0.25, -0.2) is 0 Å². The maximum atomic E-state index is 6.74. The van der Waals surface area contributed by atoms with Crippen LogP contribution in [-0.4, -0.2) is 6.21 Å². The van der Waals surface area contributed by atoms with E-state index in [1.165, 1.54) is 0 Å². The summed E-state index contributed by atoms with van der Waals surface area (Å²) in [5, 5.41) is 5.89. The Kier molecular flexibility index (Phi) is 7.83. The van der Waals surface area contributed by atoms with E-state index in [0.717, 1.165) is 77.8 Å². The Bertz CT molecular complexity index is 2380. The third kappa shape index (κ3) is 5.77. The van der Waals surface area contributed by atoms with Crippen LogP contribution in [0, 0.1) is 0 Å². The number of nitrogens with one attached hydrogen (secondary N) is 1. The molecule has 0 saturated carbocycles. The molecule has 4 heteroatoms. The van der Waals surface area contributed by atoms with Gasteiger partial charge in [-0.15, -0.1) is 0 Å². The van der Waals surface area contributed by atoms with Crippen LogP contribution < -0.4 is 11.1 Å². The molecule has 1 aromatic heterocycles. The normalized spacial score (nSPS) is 12.1. The summed E-state index contributed by atoms with van der Waals surface area (Å²) < 4.78 is 6.74. The van der Waals surface area contributed by atoms with Crippen molar-refractivity contribution in [2.24, 2.45) is 10.7 Å². The highest BCUT2D eigenvalue weighted by Gasteiger charge is 2.17. The number of rotatable bonds is 8. The van der Waals surface area contributed by atoms with Crippen LogP contribution >= 0.6 is 0 Å². The Labute approximate surface area is 279 Å². The third-order valence-corrected chi connectivity index (χ3v) is 8.72. The number of aliphatic imine (C=N–C) groups is 1. The van der Waals surface area contributed by atoms with Crippen LogP contribution in [0.1, 0.15) is 17.3 Å². The second kappa shape index (κ2) is 12.9. The summed E-state index contributed by atoms with van der Waals surface area (Å²) in [6.07, 6.45) is 1.34. The van der Waals surface area contributed by atoms with E-state index in [1.54, 1.807) is 0 Å². The number of anilines is 2. The van der Waals surface area contributed by atoms with Gasteiger partial charge in [0, 0.05) is 45.1 Å². The summed E-state index contributed by atoms with van der Waals surface area (Å²) in [6.45, 7) is 0. The molecule has 7 aromatic carbocycles. The summed E-state index contributed by atoms with van der Waals surface area (Å²) in [7, 11) is 0. The number of hydrogen-bond acceptors (Lipinski definition) is 4. The summed E-state index contributed by atoms with van der Waals surface area (Å²) in [4.78, 5) is 4.60. The number of hydrogen-bond donors (Lipinski definition) is 2. The van der Waals surface area contributed by atoms with E-state index in [-0.39, 0.29) is 0 Å². The molecule has 0 fully saturated rings. The second-order valence-corrected chi connectivity index (χ2v) is 11.8. The summed E-state index contributed by atoms with van der Waals surface area (Å²) in [5.41, 5.74) is 18.7. The first-order valence-corrected chi connectivity index (χ1v) is 16.1. The summed E-state index contributed by atoms with van der Waals surface area (Å²) in [5.74, 6) is 0. The molecule has 0 amide bonds. The summed E-state index contributed by atoms with van der Waals surface area (Å²) >= 11 is 0. The maximum absolute atomic E-state index is 6.74. The number of nitrogens with zero attached hydrogens (tertiary/aromatic N) is 1. The van der Waals surface area contributed by atoms with Crippen molar-refractivity contribution in [1.82, 2.24) is 0 Å². The Morgan fingerprint density at radius 3 is 1.77 bits per heavy atom. The molecule has 0 radical (unpaired) electrons. The van der Waals surface area contributed by atoms with Crippen LogP contribution in [0.5, 0.6) is 0 Å². The highest BCUT2D eigenvalue weighted by atomic mass is 16.3. The minimum Gasteiger partial charge on any atom is -0.455 e. The van der Waals surface area contributed by atoms with Crippen LogP contribution in [0.2, 0.25) is 0 Å². The molecule has 0 aliphatic rings. The van der Waals surface area contributed by atoms with Crippen LogP contribution in [0.4, 0.5) is 11.4 Å². The van der Waals surface area contributed by atoms with Gasteiger partial charge in [-0.1, -0.05) is 146 Å². The third-order valence-electron chi connectivity index (χ3n) is 8.72. The number of para-hydroxylation sites is 2. The zero-order valence-electron chi connectivity index (χ0n) is 26.3. The van der Waals surface area contributed by atoms with E-state index in [0.29, 0.717) is 0 Å². The van der Waals surface area contributed by atoms with Crippen molar-refractivity contribution < 1.29 is 4.42 Å². The smallest absolute Gasteiger partial charge is 0.143 e. The van der Waals surface area contributed by atoms with Gasteiger partial charge in [-0.3, -0.25) is 4.99 Å². The fourth-order valence-electron chi connectivity index (χ4n) is 6.32. The van der Waals surface area contributed by atoms with Crippen LogP contribution in [0.25, 0.3) is 55.3 Å². The zero-order chi connectivity index (χ0) is 32.3. The maximum Gasteiger partial charge on any atom is 0.143 e. The molecule has 0 bridgehead atoms. The van der Waals surface area contributed by atoms with Crippen molar-refractivity contribution in [1.29, 1.82) is 0 Å². The minimum atomic E-state index is -0.477. The highest BCUT2D eigenvalue weighted by molar-refractivity contribution is 6.13. The fourth-order valence-corrected chi connectivity index (χ4v) is 6.32. The van der Waals surface area contributed by atoms with Gasteiger partial charge in [-0.2, -0.15) is 0 Å². The van der Waals surface area contributed by atoms with Gasteiger partial charge in [0.15, 0.2) is 0 Å². The molecule has 8 aromatic rings. The van der Waals surface area contributed by atoms with E-state index >= 15 is 0 Å². The molecule has 8 rings (SSSR count). The zero-order valence-corrected chi connectivity index (χ0v) is 26.3. The fraction of sp³-hybridized carbons (Fsp3) is 0.0227. The lowest BCUT2D eigenvalue weighted by Crippen LogP contribution is -2.08. The number of furan rings is 1. The minimum absolute atomic E-state index is 0.477. The van der Waals surface area contributed by atoms with Gasteiger partial charge >= 0.3 is 0 Å². The molecule has 230 valence electrons. The van der Waals surface area contributed by atoms with E-state index in [4.69, 9.17) is 10.2 Å². The van der Waals surface area contributed by atoms with Gasteiger partial charge in [-0.05, 0) is 52.1 Å². The lowest BCUT2D eigenvalue weighted by molar-refractivity contribution is 0.671. The molecule has 1 atom stereocenters. The van der Waals surface area contributed by atoms with E-state index in [1.807, 2.05) is 60.8 Å². The van der Waals surface area contributed by atoms with Gasteiger partial charge in [0.1, 0.15) is 17.3 Å². The van der Waals surface area contributed by atoms with Crippen molar-refractivity contribution in [3.05, 3.63) is 181 Å². The predicted octanol–water partition coefficient (Wildman–Crippen LogP) is 11.4. The van der Waals surface area contributed by atoms with Crippen molar-refractivity contribution in [2.45, 2.75) is 6.17 Å². The number of fused-ring (bicyclic) bond motifs is 3. The van der Waals surface area contributed by atoms with E-state index < -0.39 is 6.17 Å². The van der Waals surface area contributed by atoms with Crippen LogP contribution in [0.15, 0.2) is 179 Å². The number of benzene rings is 7. The topological polar surface area (TPSA) is 63.5 Å².